The number of nitrogens with one attached hydrogen (secondary N) is 1. The van der Waals surface area contributed by atoms with Crippen LogP contribution in [0.1, 0.15) is 35.4 Å². The van der Waals surface area contributed by atoms with E-state index in [0.717, 1.165) is 19.4 Å². The standard InChI is InChI=1S/C20H23N3O/c1-23-9-3-5-15-10-14(6-7-19(15)23)12-22-20(24)18-11-17(18)16-4-2-8-21-13-16/h2,4,6-8,10,13,17-18H,3,5,9,11-12H2,1H3,(H,22,24)/t17-,18+/m0/s1. The maximum Gasteiger partial charge on any atom is 0.224 e. The Morgan fingerprint density at radius 3 is 3.12 bits per heavy atom. The minimum atomic E-state index is 0.109. The second-order valence-electron chi connectivity index (χ2n) is 6.94. The maximum atomic E-state index is 12.4. The van der Waals surface area contributed by atoms with Gasteiger partial charge in [0.05, 0.1) is 0 Å². The molecule has 124 valence electrons. The van der Waals surface area contributed by atoms with Gasteiger partial charge in [0.2, 0.25) is 5.91 Å². The first kappa shape index (κ1) is 15.2. The highest BCUT2D eigenvalue weighted by Gasteiger charge is 2.43. The first-order chi connectivity index (χ1) is 11.7. The fraction of sp³-hybridized carbons (Fsp3) is 0.400. The summed E-state index contributed by atoms with van der Waals surface area (Å²) in [6.45, 7) is 1.74. The summed E-state index contributed by atoms with van der Waals surface area (Å²) < 4.78 is 0. The molecule has 0 saturated heterocycles. The third-order valence-corrected chi connectivity index (χ3v) is 5.20. The number of carbonyl (C=O) groups excluding carboxylic acids is 1. The van der Waals surface area contributed by atoms with Crippen molar-refractivity contribution in [2.24, 2.45) is 5.92 Å². The molecule has 2 aromatic rings. The monoisotopic (exact) mass is 321 g/mol. The lowest BCUT2D eigenvalue weighted by molar-refractivity contribution is -0.122. The molecule has 1 N–H and O–H groups in total. The Hall–Kier alpha value is -2.36. The Morgan fingerprint density at radius 1 is 1.38 bits per heavy atom. The van der Waals surface area contributed by atoms with Crippen LogP contribution in [0.2, 0.25) is 0 Å². The Balaban J connectivity index is 1.35. The molecule has 1 aliphatic heterocycles. The van der Waals surface area contributed by atoms with E-state index in [0.29, 0.717) is 12.5 Å². The van der Waals surface area contributed by atoms with Gasteiger partial charge in [0.25, 0.3) is 0 Å². The number of benzene rings is 1. The smallest absolute Gasteiger partial charge is 0.224 e. The molecule has 2 aliphatic rings. The quantitative estimate of drug-likeness (QED) is 0.942. The van der Waals surface area contributed by atoms with Crippen LogP contribution >= 0.6 is 0 Å². The van der Waals surface area contributed by atoms with Gasteiger partial charge in [-0.3, -0.25) is 9.78 Å². The van der Waals surface area contributed by atoms with Crippen molar-refractivity contribution < 1.29 is 4.79 Å². The number of nitrogens with zero attached hydrogens (tertiary/aromatic N) is 2. The molecule has 1 aromatic heterocycles. The molecule has 0 unspecified atom stereocenters. The minimum absolute atomic E-state index is 0.109. The van der Waals surface area contributed by atoms with E-state index in [1.54, 1.807) is 6.20 Å². The van der Waals surface area contributed by atoms with Crippen LogP contribution in [0.25, 0.3) is 0 Å². The summed E-state index contributed by atoms with van der Waals surface area (Å²) in [5, 5.41) is 3.11. The van der Waals surface area contributed by atoms with Crippen molar-refractivity contribution in [1.29, 1.82) is 0 Å². The average Bonchev–Trinajstić information content (AvgIpc) is 3.41. The molecule has 4 heteroatoms. The fourth-order valence-electron chi connectivity index (χ4n) is 3.72. The van der Waals surface area contributed by atoms with E-state index in [1.165, 1.54) is 28.8 Å². The van der Waals surface area contributed by atoms with Gasteiger partial charge in [-0.25, -0.2) is 0 Å². The molecule has 4 rings (SSSR count). The molecule has 1 saturated carbocycles. The first-order valence-corrected chi connectivity index (χ1v) is 8.73. The highest BCUT2D eigenvalue weighted by molar-refractivity contribution is 5.82. The lowest BCUT2D eigenvalue weighted by atomic mass is 9.99. The second kappa shape index (κ2) is 6.27. The van der Waals surface area contributed by atoms with Gasteiger partial charge in [0.15, 0.2) is 0 Å². The zero-order valence-corrected chi connectivity index (χ0v) is 14.0. The highest BCUT2D eigenvalue weighted by atomic mass is 16.2. The SMILES string of the molecule is CN1CCCc2cc(CNC(=O)[C@@H]3C[C@H]3c3cccnc3)ccc21. The van der Waals surface area contributed by atoms with Crippen LogP contribution in [0.15, 0.2) is 42.7 Å². The van der Waals surface area contributed by atoms with Gasteiger partial charge in [0.1, 0.15) is 0 Å². The van der Waals surface area contributed by atoms with Gasteiger partial charge in [-0.15, -0.1) is 0 Å². The Kier molecular flexibility index (Phi) is 3.97. The molecular weight excluding hydrogens is 298 g/mol. The van der Waals surface area contributed by atoms with Crippen molar-refractivity contribution in [2.75, 3.05) is 18.5 Å². The third kappa shape index (κ3) is 3.01. The van der Waals surface area contributed by atoms with E-state index in [-0.39, 0.29) is 11.8 Å². The van der Waals surface area contributed by atoms with E-state index in [9.17, 15) is 4.79 Å². The van der Waals surface area contributed by atoms with Crippen LogP contribution in [0.4, 0.5) is 5.69 Å². The van der Waals surface area contributed by atoms with Gasteiger partial charge in [-0.05, 0) is 54.0 Å². The van der Waals surface area contributed by atoms with Crippen LogP contribution in [0.3, 0.4) is 0 Å². The van der Waals surface area contributed by atoms with Crippen molar-refractivity contribution >= 4 is 11.6 Å². The topological polar surface area (TPSA) is 45.2 Å². The highest BCUT2D eigenvalue weighted by Crippen LogP contribution is 2.47. The number of hydrogen-bond donors (Lipinski definition) is 1. The number of amides is 1. The molecule has 1 aliphatic carbocycles. The van der Waals surface area contributed by atoms with Crippen molar-refractivity contribution in [2.45, 2.75) is 31.7 Å². The molecule has 2 heterocycles. The zero-order chi connectivity index (χ0) is 16.5. The summed E-state index contributed by atoms with van der Waals surface area (Å²) in [7, 11) is 2.14. The molecule has 24 heavy (non-hydrogen) atoms. The number of pyridine rings is 1. The summed E-state index contributed by atoms with van der Waals surface area (Å²) in [5.41, 5.74) is 5.09. The normalized spacial score (nSPS) is 22.0. The van der Waals surface area contributed by atoms with Gasteiger partial charge >= 0.3 is 0 Å². The molecule has 1 fully saturated rings. The van der Waals surface area contributed by atoms with Gasteiger partial charge in [-0.2, -0.15) is 0 Å². The van der Waals surface area contributed by atoms with Crippen LogP contribution < -0.4 is 10.2 Å². The van der Waals surface area contributed by atoms with Crippen LogP contribution in [0, 0.1) is 5.92 Å². The molecule has 1 aromatic carbocycles. The molecule has 2 atom stereocenters. The summed E-state index contributed by atoms with van der Waals surface area (Å²) >= 11 is 0. The van der Waals surface area contributed by atoms with Gasteiger partial charge in [0, 0.05) is 44.1 Å². The van der Waals surface area contributed by atoms with E-state index < -0.39 is 0 Å². The molecule has 0 spiro atoms. The van der Waals surface area contributed by atoms with Crippen molar-refractivity contribution in [3.05, 3.63) is 59.4 Å². The number of aromatic nitrogens is 1. The molecule has 4 nitrogen and oxygen atoms in total. The van der Waals surface area contributed by atoms with E-state index in [2.05, 4.69) is 46.5 Å². The van der Waals surface area contributed by atoms with E-state index in [4.69, 9.17) is 0 Å². The number of anilines is 1. The van der Waals surface area contributed by atoms with Crippen molar-refractivity contribution in [3.8, 4) is 0 Å². The predicted molar refractivity (Wildman–Crippen MR) is 95.0 cm³/mol. The predicted octanol–water partition coefficient (Wildman–Crippen LogP) is 2.88. The number of fused-ring (bicyclic) bond motifs is 1. The second-order valence-corrected chi connectivity index (χ2v) is 6.94. The largest absolute Gasteiger partial charge is 0.374 e. The number of carbonyl (C=O) groups is 1. The number of rotatable bonds is 4. The Morgan fingerprint density at radius 2 is 2.29 bits per heavy atom. The first-order valence-electron chi connectivity index (χ1n) is 8.73. The Labute approximate surface area is 142 Å². The molecular formula is C20H23N3O. The van der Waals surface area contributed by atoms with E-state index >= 15 is 0 Å². The van der Waals surface area contributed by atoms with Crippen LogP contribution in [0.5, 0.6) is 0 Å². The molecule has 0 radical (unpaired) electrons. The van der Waals surface area contributed by atoms with Crippen molar-refractivity contribution in [3.63, 3.8) is 0 Å². The van der Waals surface area contributed by atoms with Crippen molar-refractivity contribution in [1.82, 2.24) is 10.3 Å². The fourth-order valence-corrected chi connectivity index (χ4v) is 3.72. The molecule has 0 bridgehead atoms. The van der Waals surface area contributed by atoms with Gasteiger partial charge in [-0.1, -0.05) is 18.2 Å². The van der Waals surface area contributed by atoms with Gasteiger partial charge < -0.3 is 10.2 Å². The zero-order valence-electron chi connectivity index (χ0n) is 14.0. The minimum Gasteiger partial charge on any atom is -0.374 e. The van der Waals surface area contributed by atoms with Crippen LogP contribution in [-0.4, -0.2) is 24.5 Å². The third-order valence-electron chi connectivity index (χ3n) is 5.20. The average molecular weight is 321 g/mol. The number of hydrogen-bond acceptors (Lipinski definition) is 3. The lowest BCUT2D eigenvalue weighted by Gasteiger charge is -2.27. The number of aryl methyl sites for hydroxylation is 1. The molecule has 1 amide bonds. The Bertz CT molecular complexity index is 744. The lowest BCUT2D eigenvalue weighted by Crippen LogP contribution is -2.26. The van der Waals surface area contributed by atoms with Crippen LogP contribution in [-0.2, 0) is 17.8 Å². The summed E-state index contributed by atoms with van der Waals surface area (Å²) in [5.74, 6) is 0.618. The maximum absolute atomic E-state index is 12.4. The summed E-state index contributed by atoms with van der Waals surface area (Å²) in [6, 6.07) is 10.6. The van der Waals surface area contributed by atoms with E-state index in [1.807, 2.05) is 12.3 Å². The summed E-state index contributed by atoms with van der Waals surface area (Å²) in [6.07, 6.45) is 6.92. The summed E-state index contributed by atoms with van der Waals surface area (Å²) in [4.78, 5) is 18.8.